The number of benzene rings is 2. The van der Waals surface area contributed by atoms with Gasteiger partial charge in [-0.2, -0.15) is 0 Å². The molecule has 0 bridgehead atoms. The molecule has 2 unspecified atom stereocenters. The highest BCUT2D eigenvalue weighted by molar-refractivity contribution is 6.13. The lowest BCUT2D eigenvalue weighted by atomic mass is 9.83. The first-order valence-electron chi connectivity index (χ1n) is 12.6. The van der Waals surface area contributed by atoms with Crippen molar-refractivity contribution in [2.24, 2.45) is 5.92 Å². The lowest BCUT2D eigenvalue weighted by molar-refractivity contribution is 0.0806. The zero-order valence-corrected chi connectivity index (χ0v) is 20.4. The molecule has 3 aromatic heterocycles. The Morgan fingerprint density at radius 2 is 2.03 bits per heavy atom. The molecule has 8 nitrogen and oxygen atoms in total. The van der Waals surface area contributed by atoms with Gasteiger partial charge in [-0.3, -0.25) is 14.4 Å². The summed E-state index contributed by atoms with van der Waals surface area (Å²) < 4.78 is 5.50. The lowest BCUT2D eigenvalue weighted by Crippen LogP contribution is -2.34. The molecule has 4 heterocycles. The Bertz CT molecular complexity index is 1900. The number of aromatic amines is 2. The van der Waals surface area contributed by atoms with Crippen LogP contribution in [0.3, 0.4) is 0 Å². The van der Waals surface area contributed by atoms with Crippen molar-refractivity contribution in [1.29, 1.82) is 0 Å². The van der Waals surface area contributed by atoms with E-state index in [1.165, 1.54) is 6.26 Å². The molecule has 8 heteroatoms. The standard InChI is InChI=1S/C30H22N4O4/c1-15-12-31-27-23(35)10-25-30(26(15)27)11-17(30)13-34(25)29(37)22-9-16-8-18(6-7-21(16)33-22)32-28(36)20-14-38-24-5-3-2-4-19(20)24/h2-10,12,14,17,31,33H,11,13H2,1H3,(H,32,36). The quantitative estimate of drug-likeness (QED) is 0.311. The van der Waals surface area contributed by atoms with Crippen LogP contribution in [0.1, 0.15) is 48.9 Å². The van der Waals surface area contributed by atoms with E-state index in [0.29, 0.717) is 40.7 Å². The Balaban J connectivity index is 1.08. The second-order valence-electron chi connectivity index (χ2n) is 10.5. The van der Waals surface area contributed by atoms with Gasteiger partial charge in [0, 0.05) is 51.9 Å². The first kappa shape index (κ1) is 21.3. The van der Waals surface area contributed by atoms with Crippen LogP contribution < -0.4 is 5.32 Å². The van der Waals surface area contributed by atoms with E-state index < -0.39 is 0 Å². The van der Waals surface area contributed by atoms with Crippen LogP contribution in [0.25, 0.3) is 21.9 Å². The van der Waals surface area contributed by atoms with Gasteiger partial charge < -0.3 is 24.6 Å². The molecule has 8 rings (SSSR count). The predicted octanol–water partition coefficient (Wildman–Crippen LogP) is 5.30. The van der Waals surface area contributed by atoms with Crippen LogP contribution >= 0.6 is 0 Å². The summed E-state index contributed by atoms with van der Waals surface area (Å²) in [6, 6.07) is 14.7. The minimum absolute atomic E-state index is 0.0819. The van der Waals surface area contributed by atoms with Crippen LogP contribution in [-0.2, 0) is 5.41 Å². The number of fused-ring (bicyclic) bond motifs is 3. The lowest BCUT2D eigenvalue weighted by Gasteiger charge is -2.28. The molecule has 2 fully saturated rings. The second-order valence-corrected chi connectivity index (χ2v) is 10.5. The number of nitrogens with zero attached hydrogens (tertiary/aromatic N) is 1. The van der Waals surface area contributed by atoms with Gasteiger partial charge in [-0.1, -0.05) is 18.2 Å². The molecular weight excluding hydrogens is 480 g/mol. The average molecular weight is 503 g/mol. The number of anilines is 1. The third-order valence-corrected chi connectivity index (χ3v) is 8.37. The normalized spacial score (nSPS) is 21.3. The summed E-state index contributed by atoms with van der Waals surface area (Å²) in [7, 11) is 0. The molecular formula is C30H22N4O4. The number of aromatic nitrogens is 2. The van der Waals surface area contributed by atoms with E-state index in [1.807, 2.05) is 49.5 Å². The Morgan fingerprint density at radius 1 is 1.16 bits per heavy atom. The summed E-state index contributed by atoms with van der Waals surface area (Å²) >= 11 is 0. The summed E-state index contributed by atoms with van der Waals surface area (Å²) in [4.78, 5) is 47.6. The molecule has 5 aromatic rings. The Labute approximate surface area is 216 Å². The molecule has 2 amide bonds. The number of nitrogens with one attached hydrogen (secondary N) is 3. The van der Waals surface area contributed by atoms with Crippen LogP contribution in [0, 0.1) is 12.8 Å². The SMILES string of the molecule is Cc1c[nH]c2c1C13CC1CN(C(=O)c1cc4cc(NC(=O)c5coc6ccccc56)ccc4[nH]1)C3=CC2=O. The minimum atomic E-state index is -0.268. The Morgan fingerprint density at radius 3 is 2.92 bits per heavy atom. The number of piperidine rings is 1. The van der Waals surface area contributed by atoms with E-state index in [0.717, 1.165) is 39.5 Å². The molecule has 186 valence electrons. The van der Waals surface area contributed by atoms with E-state index in [1.54, 1.807) is 23.1 Å². The topological polar surface area (TPSA) is 111 Å². The van der Waals surface area contributed by atoms with E-state index >= 15 is 0 Å². The fourth-order valence-electron chi connectivity index (χ4n) is 6.57. The highest BCUT2D eigenvalue weighted by atomic mass is 16.3. The van der Waals surface area contributed by atoms with Gasteiger partial charge in [-0.05, 0) is 60.7 Å². The Kier molecular flexibility index (Phi) is 3.99. The number of hydrogen-bond acceptors (Lipinski definition) is 4. The molecule has 1 saturated carbocycles. The van der Waals surface area contributed by atoms with E-state index in [4.69, 9.17) is 4.42 Å². The largest absolute Gasteiger partial charge is 0.463 e. The number of para-hydroxylation sites is 1. The van der Waals surface area contributed by atoms with Crippen molar-refractivity contribution in [2.75, 3.05) is 11.9 Å². The summed E-state index contributed by atoms with van der Waals surface area (Å²) in [6.07, 6.45) is 5.95. The third kappa shape index (κ3) is 2.71. The number of likely N-dealkylation sites (tertiary alicyclic amines) is 1. The molecule has 1 aliphatic heterocycles. The highest BCUT2D eigenvalue weighted by Crippen LogP contribution is 2.67. The number of carbonyl (C=O) groups is 3. The van der Waals surface area contributed by atoms with Gasteiger partial charge in [-0.25, -0.2) is 0 Å². The molecule has 2 aromatic carbocycles. The number of carbonyl (C=O) groups excluding carboxylic acids is 3. The smallest absolute Gasteiger partial charge is 0.274 e. The van der Waals surface area contributed by atoms with Crippen molar-refractivity contribution in [1.82, 2.24) is 14.9 Å². The van der Waals surface area contributed by atoms with Gasteiger partial charge in [0.2, 0.25) is 5.78 Å². The summed E-state index contributed by atoms with van der Waals surface area (Å²) in [5, 5.41) is 4.48. The van der Waals surface area contributed by atoms with E-state index in [9.17, 15) is 14.4 Å². The number of amides is 2. The number of aryl methyl sites for hydroxylation is 1. The zero-order valence-electron chi connectivity index (χ0n) is 20.4. The van der Waals surface area contributed by atoms with Gasteiger partial charge >= 0.3 is 0 Å². The summed E-state index contributed by atoms with van der Waals surface area (Å²) in [5.74, 6) is -0.180. The summed E-state index contributed by atoms with van der Waals surface area (Å²) in [6.45, 7) is 2.61. The fourth-order valence-corrected chi connectivity index (χ4v) is 6.57. The minimum Gasteiger partial charge on any atom is -0.463 e. The predicted molar refractivity (Wildman–Crippen MR) is 141 cm³/mol. The third-order valence-electron chi connectivity index (χ3n) is 8.37. The van der Waals surface area contributed by atoms with Gasteiger partial charge in [-0.15, -0.1) is 0 Å². The van der Waals surface area contributed by atoms with Crippen molar-refractivity contribution in [3.63, 3.8) is 0 Å². The van der Waals surface area contributed by atoms with Crippen molar-refractivity contribution >= 4 is 45.2 Å². The van der Waals surface area contributed by atoms with Crippen molar-refractivity contribution < 1.29 is 18.8 Å². The molecule has 38 heavy (non-hydrogen) atoms. The number of hydrogen-bond donors (Lipinski definition) is 3. The van der Waals surface area contributed by atoms with Crippen LogP contribution in [0.2, 0.25) is 0 Å². The van der Waals surface area contributed by atoms with Gasteiger partial charge in [0.15, 0.2) is 0 Å². The maximum absolute atomic E-state index is 13.7. The van der Waals surface area contributed by atoms with Crippen LogP contribution in [0.5, 0.6) is 0 Å². The molecule has 0 radical (unpaired) electrons. The molecule has 2 atom stereocenters. The molecule has 2 aliphatic carbocycles. The zero-order chi connectivity index (χ0) is 25.8. The van der Waals surface area contributed by atoms with E-state index in [2.05, 4.69) is 15.3 Å². The highest BCUT2D eigenvalue weighted by Gasteiger charge is 2.68. The van der Waals surface area contributed by atoms with E-state index in [-0.39, 0.29) is 23.0 Å². The van der Waals surface area contributed by atoms with Crippen molar-refractivity contribution in [3.05, 3.63) is 101 Å². The number of rotatable bonds is 3. The molecule has 3 aliphatic rings. The van der Waals surface area contributed by atoms with Gasteiger partial charge in [0.1, 0.15) is 17.5 Å². The molecule has 1 spiro atoms. The monoisotopic (exact) mass is 502 g/mol. The van der Waals surface area contributed by atoms with Crippen LogP contribution in [0.15, 0.2) is 77.2 Å². The van der Waals surface area contributed by atoms with Gasteiger partial charge in [0.05, 0.1) is 11.3 Å². The number of allylic oxidation sites excluding steroid dienone is 2. The maximum atomic E-state index is 13.7. The second kappa shape index (κ2) is 7.13. The number of H-pyrrole nitrogens is 2. The van der Waals surface area contributed by atoms with Crippen molar-refractivity contribution in [2.45, 2.75) is 18.8 Å². The van der Waals surface area contributed by atoms with Gasteiger partial charge in [0.25, 0.3) is 11.8 Å². The van der Waals surface area contributed by atoms with Crippen molar-refractivity contribution in [3.8, 4) is 0 Å². The van der Waals surface area contributed by atoms with Crippen LogP contribution in [-0.4, -0.2) is 39.0 Å². The number of furan rings is 1. The fraction of sp³-hybridized carbons (Fsp3) is 0.167. The maximum Gasteiger partial charge on any atom is 0.274 e. The van der Waals surface area contributed by atoms with Crippen LogP contribution in [0.4, 0.5) is 5.69 Å². The summed E-state index contributed by atoms with van der Waals surface area (Å²) in [5.41, 5.74) is 6.33. The first-order valence-corrected chi connectivity index (χ1v) is 12.6. The molecule has 1 saturated heterocycles. The average Bonchev–Trinajstić information content (AvgIpc) is 3.37. The molecule has 3 N–H and O–H groups in total. The first-order chi connectivity index (χ1) is 18.4. The Hall–Kier alpha value is -4.85. The number of ketones is 1.